The number of nitrogens with zero attached hydrogens (tertiary/aromatic N) is 1. The third-order valence-electron chi connectivity index (χ3n) is 1.46. The molecule has 0 aliphatic heterocycles. The maximum atomic E-state index is 12.2. The molecule has 0 fully saturated rings. The summed E-state index contributed by atoms with van der Waals surface area (Å²) in [4.78, 5) is -0.322. The molecule has 1 rings (SSSR count). The molecular formula is C8H4F3NS. The topological polar surface area (TPSA) is 23.8 Å². The van der Waals surface area contributed by atoms with Crippen molar-refractivity contribution in [1.29, 1.82) is 5.26 Å². The Labute approximate surface area is 78.2 Å². The smallest absolute Gasteiger partial charge is 0.192 e. The summed E-state index contributed by atoms with van der Waals surface area (Å²) in [5, 5.41) is 8.44. The van der Waals surface area contributed by atoms with E-state index >= 15 is 0 Å². The third kappa shape index (κ3) is 1.95. The minimum Gasteiger partial charge on any atom is -0.192 e. The van der Waals surface area contributed by atoms with E-state index in [-0.39, 0.29) is 10.5 Å². The monoisotopic (exact) mass is 203 g/mol. The number of alkyl halides is 3. The van der Waals surface area contributed by atoms with Gasteiger partial charge in [0, 0.05) is 4.90 Å². The molecule has 1 aromatic carbocycles. The molecule has 68 valence electrons. The van der Waals surface area contributed by atoms with Crippen LogP contribution in [-0.4, -0.2) is 0 Å². The standard InChI is InChI=1S/C8H4F3NS/c9-8(10,11)6-3-1-2-5(4-12)7(6)13/h1-3,13H. The highest BCUT2D eigenvalue weighted by atomic mass is 32.1. The van der Waals surface area contributed by atoms with Gasteiger partial charge >= 0.3 is 6.18 Å². The van der Waals surface area contributed by atoms with Crippen molar-refractivity contribution >= 4 is 12.6 Å². The Bertz CT molecular complexity index is 365. The van der Waals surface area contributed by atoms with Crippen molar-refractivity contribution in [2.75, 3.05) is 0 Å². The van der Waals surface area contributed by atoms with Crippen LogP contribution in [0.1, 0.15) is 11.1 Å². The number of benzene rings is 1. The number of hydrogen-bond donors (Lipinski definition) is 1. The lowest BCUT2D eigenvalue weighted by Gasteiger charge is -2.09. The number of nitriles is 1. The van der Waals surface area contributed by atoms with Crippen LogP contribution in [0.5, 0.6) is 0 Å². The number of thiol groups is 1. The summed E-state index contributed by atoms with van der Waals surface area (Å²) in [6.07, 6.45) is -4.45. The first-order chi connectivity index (χ1) is 5.96. The van der Waals surface area contributed by atoms with Gasteiger partial charge in [0.1, 0.15) is 6.07 Å². The van der Waals surface area contributed by atoms with Crippen LogP contribution in [0.15, 0.2) is 23.1 Å². The van der Waals surface area contributed by atoms with Crippen molar-refractivity contribution in [3.8, 4) is 6.07 Å². The highest BCUT2D eigenvalue weighted by Crippen LogP contribution is 2.34. The molecule has 0 saturated carbocycles. The lowest BCUT2D eigenvalue weighted by molar-refractivity contribution is -0.139. The fraction of sp³-hybridized carbons (Fsp3) is 0.125. The van der Waals surface area contributed by atoms with Gasteiger partial charge in [-0.3, -0.25) is 0 Å². The van der Waals surface area contributed by atoms with E-state index in [4.69, 9.17) is 5.26 Å². The van der Waals surface area contributed by atoms with Crippen molar-refractivity contribution < 1.29 is 13.2 Å². The first kappa shape index (κ1) is 9.93. The van der Waals surface area contributed by atoms with Gasteiger partial charge < -0.3 is 0 Å². The molecule has 0 unspecified atom stereocenters. The van der Waals surface area contributed by atoms with Crippen molar-refractivity contribution in [1.82, 2.24) is 0 Å². The van der Waals surface area contributed by atoms with Gasteiger partial charge in [-0.15, -0.1) is 12.6 Å². The highest BCUT2D eigenvalue weighted by Gasteiger charge is 2.33. The molecule has 0 bridgehead atoms. The van der Waals surface area contributed by atoms with Gasteiger partial charge in [-0.05, 0) is 12.1 Å². The van der Waals surface area contributed by atoms with Crippen molar-refractivity contribution in [2.45, 2.75) is 11.1 Å². The Morgan fingerprint density at radius 2 is 1.92 bits per heavy atom. The fourth-order valence-electron chi connectivity index (χ4n) is 0.862. The minimum absolute atomic E-state index is 0.0711. The summed E-state index contributed by atoms with van der Waals surface area (Å²) >= 11 is 3.64. The molecule has 13 heavy (non-hydrogen) atoms. The first-order valence-corrected chi connectivity index (χ1v) is 3.71. The quantitative estimate of drug-likeness (QED) is 0.644. The zero-order chi connectivity index (χ0) is 10.1. The number of halogens is 3. The van der Waals surface area contributed by atoms with E-state index in [1.54, 1.807) is 6.07 Å². The molecular weight excluding hydrogens is 199 g/mol. The second-order valence-electron chi connectivity index (χ2n) is 2.31. The summed E-state index contributed by atoms with van der Waals surface area (Å²) in [6, 6.07) is 4.99. The van der Waals surface area contributed by atoms with Crippen LogP contribution in [-0.2, 0) is 6.18 Å². The molecule has 1 aromatic rings. The van der Waals surface area contributed by atoms with Gasteiger partial charge in [-0.25, -0.2) is 0 Å². The van der Waals surface area contributed by atoms with E-state index in [1.165, 1.54) is 12.1 Å². The summed E-state index contributed by atoms with van der Waals surface area (Å²) in [6.45, 7) is 0. The average molecular weight is 203 g/mol. The van der Waals surface area contributed by atoms with Gasteiger partial charge in [0.2, 0.25) is 0 Å². The van der Waals surface area contributed by atoms with Crippen LogP contribution in [0, 0.1) is 11.3 Å². The van der Waals surface area contributed by atoms with E-state index in [9.17, 15) is 13.2 Å². The summed E-state index contributed by atoms with van der Waals surface area (Å²) < 4.78 is 36.6. The second kappa shape index (κ2) is 3.30. The number of rotatable bonds is 0. The van der Waals surface area contributed by atoms with E-state index in [0.717, 1.165) is 6.07 Å². The average Bonchev–Trinajstić information content (AvgIpc) is 2.02. The zero-order valence-corrected chi connectivity index (χ0v) is 7.15. The van der Waals surface area contributed by atoms with Gasteiger partial charge in [-0.2, -0.15) is 18.4 Å². The molecule has 0 aromatic heterocycles. The maximum absolute atomic E-state index is 12.2. The molecule has 0 heterocycles. The molecule has 0 N–H and O–H groups in total. The minimum atomic E-state index is -4.45. The lowest BCUT2D eigenvalue weighted by Crippen LogP contribution is -2.06. The SMILES string of the molecule is N#Cc1cccc(C(F)(F)F)c1S. The molecule has 0 aliphatic rings. The molecule has 0 atom stereocenters. The van der Waals surface area contributed by atoms with Crippen molar-refractivity contribution in [3.05, 3.63) is 29.3 Å². The molecule has 0 amide bonds. The molecule has 0 saturated heterocycles. The van der Waals surface area contributed by atoms with Crippen LogP contribution in [0.25, 0.3) is 0 Å². The summed E-state index contributed by atoms with van der Waals surface area (Å²) in [5.41, 5.74) is -0.951. The van der Waals surface area contributed by atoms with E-state index < -0.39 is 11.7 Å². The van der Waals surface area contributed by atoms with Gasteiger partial charge in [0.05, 0.1) is 11.1 Å². The Hall–Kier alpha value is -1.15. The predicted molar refractivity (Wildman–Crippen MR) is 43.4 cm³/mol. The number of hydrogen-bond acceptors (Lipinski definition) is 2. The van der Waals surface area contributed by atoms with Gasteiger partial charge in [0.15, 0.2) is 0 Å². The van der Waals surface area contributed by atoms with Crippen molar-refractivity contribution in [3.63, 3.8) is 0 Å². The van der Waals surface area contributed by atoms with Crippen LogP contribution >= 0.6 is 12.6 Å². The summed E-state index contributed by atoms with van der Waals surface area (Å²) in [7, 11) is 0. The highest BCUT2D eigenvalue weighted by molar-refractivity contribution is 7.80. The second-order valence-corrected chi connectivity index (χ2v) is 2.76. The fourth-order valence-corrected chi connectivity index (χ4v) is 1.19. The van der Waals surface area contributed by atoms with Crippen LogP contribution in [0.2, 0.25) is 0 Å². The van der Waals surface area contributed by atoms with Crippen LogP contribution in [0.4, 0.5) is 13.2 Å². The van der Waals surface area contributed by atoms with Crippen LogP contribution < -0.4 is 0 Å². The molecule has 0 radical (unpaired) electrons. The Kier molecular flexibility index (Phi) is 2.52. The van der Waals surface area contributed by atoms with Crippen LogP contribution in [0.3, 0.4) is 0 Å². The Morgan fingerprint density at radius 3 is 2.38 bits per heavy atom. The molecule has 0 spiro atoms. The molecule has 1 nitrogen and oxygen atoms in total. The molecule has 0 aliphatic carbocycles. The third-order valence-corrected chi connectivity index (χ3v) is 1.94. The maximum Gasteiger partial charge on any atom is 0.417 e. The Balaban J connectivity index is 3.34. The van der Waals surface area contributed by atoms with E-state index in [1.807, 2.05) is 0 Å². The normalized spacial score (nSPS) is 11.0. The zero-order valence-electron chi connectivity index (χ0n) is 6.26. The molecule has 5 heteroatoms. The van der Waals surface area contributed by atoms with Gasteiger partial charge in [-0.1, -0.05) is 6.07 Å². The largest absolute Gasteiger partial charge is 0.417 e. The van der Waals surface area contributed by atoms with E-state index in [2.05, 4.69) is 12.6 Å². The predicted octanol–water partition coefficient (Wildman–Crippen LogP) is 2.87. The van der Waals surface area contributed by atoms with Gasteiger partial charge in [0.25, 0.3) is 0 Å². The Morgan fingerprint density at radius 1 is 1.31 bits per heavy atom. The first-order valence-electron chi connectivity index (χ1n) is 3.26. The van der Waals surface area contributed by atoms with E-state index in [0.29, 0.717) is 0 Å². The summed E-state index contributed by atoms with van der Waals surface area (Å²) in [5.74, 6) is 0. The lowest BCUT2D eigenvalue weighted by atomic mass is 10.1. The van der Waals surface area contributed by atoms with Crippen molar-refractivity contribution in [2.24, 2.45) is 0 Å².